The van der Waals surface area contributed by atoms with Crippen molar-refractivity contribution in [2.45, 2.75) is 6.54 Å². The van der Waals surface area contributed by atoms with Crippen molar-refractivity contribution in [1.29, 1.82) is 0 Å². The second-order valence-corrected chi connectivity index (χ2v) is 4.11. The van der Waals surface area contributed by atoms with E-state index in [2.05, 4.69) is 14.9 Å². The lowest BCUT2D eigenvalue weighted by atomic mass is 10.2. The molecule has 2 rings (SSSR count). The molecule has 0 fully saturated rings. The number of nitrogens with zero attached hydrogens (tertiary/aromatic N) is 3. The molecular weight excluding hydrogens is 348 g/mol. The Kier molecular flexibility index (Phi) is 3.81. The Labute approximate surface area is 117 Å². The lowest BCUT2D eigenvalue weighted by molar-refractivity contribution is 0.628. The summed E-state index contributed by atoms with van der Waals surface area (Å²) in [7, 11) is 1.56. The van der Waals surface area contributed by atoms with Crippen molar-refractivity contribution in [3.63, 3.8) is 0 Å². The topological polar surface area (TPSA) is 39.8 Å². The SMILES string of the molecule is Cn1c(-c2ccccc2F)nn(CC#CI)c1=O. The van der Waals surface area contributed by atoms with Crippen molar-refractivity contribution in [2.24, 2.45) is 7.05 Å². The highest BCUT2D eigenvalue weighted by Gasteiger charge is 2.14. The third-order valence-electron chi connectivity index (χ3n) is 2.45. The predicted octanol–water partition coefficient (Wildman–Crippen LogP) is 1.78. The van der Waals surface area contributed by atoms with Crippen LogP contribution in [-0.4, -0.2) is 14.3 Å². The van der Waals surface area contributed by atoms with Gasteiger partial charge in [-0.15, -0.1) is 5.10 Å². The minimum absolute atomic E-state index is 0.198. The van der Waals surface area contributed by atoms with Gasteiger partial charge in [-0.3, -0.25) is 4.57 Å². The average molecular weight is 357 g/mol. The van der Waals surface area contributed by atoms with E-state index in [9.17, 15) is 9.18 Å². The minimum Gasteiger partial charge on any atom is -0.278 e. The first-order valence-corrected chi connectivity index (χ1v) is 6.20. The van der Waals surface area contributed by atoms with Crippen LogP contribution in [0.5, 0.6) is 0 Å². The molecule has 0 aliphatic rings. The molecule has 18 heavy (non-hydrogen) atoms. The molecule has 0 bridgehead atoms. The Balaban J connectivity index is 2.56. The Morgan fingerprint density at radius 1 is 1.44 bits per heavy atom. The van der Waals surface area contributed by atoms with Gasteiger partial charge in [0.25, 0.3) is 0 Å². The Morgan fingerprint density at radius 2 is 2.17 bits per heavy atom. The molecule has 0 N–H and O–H groups in total. The van der Waals surface area contributed by atoms with E-state index < -0.39 is 5.82 Å². The molecule has 0 aliphatic heterocycles. The van der Waals surface area contributed by atoms with Crippen LogP contribution in [0.15, 0.2) is 29.1 Å². The fourth-order valence-corrected chi connectivity index (χ4v) is 1.74. The molecule has 0 spiro atoms. The van der Waals surface area contributed by atoms with Crippen LogP contribution in [0.25, 0.3) is 11.4 Å². The average Bonchev–Trinajstić information content (AvgIpc) is 2.65. The van der Waals surface area contributed by atoms with Crippen LogP contribution in [0.4, 0.5) is 4.39 Å². The van der Waals surface area contributed by atoms with Gasteiger partial charge < -0.3 is 0 Å². The maximum atomic E-state index is 13.7. The minimum atomic E-state index is -0.405. The van der Waals surface area contributed by atoms with Crippen LogP contribution in [0, 0.1) is 15.7 Å². The molecule has 0 atom stereocenters. The standard InChI is InChI=1S/C12H9FIN3O/c1-16-11(9-5-2-3-6-10(9)13)15-17(12(16)18)8-4-7-14/h2-3,5-6H,8H2,1H3. The zero-order valence-corrected chi connectivity index (χ0v) is 11.7. The molecule has 0 saturated heterocycles. The first kappa shape index (κ1) is 12.8. The van der Waals surface area contributed by atoms with Crippen LogP contribution < -0.4 is 5.69 Å². The van der Waals surface area contributed by atoms with Crippen molar-refractivity contribution < 1.29 is 4.39 Å². The second kappa shape index (κ2) is 5.35. The summed E-state index contributed by atoms with van der Waals surface area (Å²) in [5.41, 5.74) is -0.00862. The predicted molar refractivity (Wildman–Crippen MR) is 74.7 cm³/mol. The summed E-state index contributed by atoms with van der Waals surface area (Å²) in [6, 6.07) is 6.22. The summed E-state index contributed by atoms with van der Waals surface area (Å²) in [6.07, 6.45) is 0. The highest BCUT2D eigenvalue weighted by Crippen LogP contribution is 2.18. The van der Waals surface area contributed by atoms with E-state index in [0.717, 1.165) is 0 Å². The van der Waals surface area contributed by atoms with E-state index in [1.54, 1.807) is 25.2 Å². The van der Waals surface area contributed by atoms with Crippen molar-refractivity contribution in [3.05, 3.63) is 40.6 Å². The highest BCUT2D eigenvalue weighted by molar-refractivity contribution is 14.1. The maximum Gasteiger partial charge on any atom is 0.346 e. The van der Waals surface area contributed by atoms with Gasteiger partial charge in [-0.25, -0.2) is 13.9 Å². The second-order valence-electron chi connectivity index (χ2n) is 3.57. The van der Waals surface area contributed by atoms with E-state index >= 15 is 0 Å². The molecule has 0 saturated carbocycles. The van der Waals surface area contributed by atoms with Gasteiger partial charge in [0.15, 0.2) is 5.82 Å². The van der Waals surface area contributed by atoms with Gasteiger partial charge in [-0.2, -0.15) is 0 Å². The highest BCUT2D eigenvalue weighted by atomic mass is 127. The number of hydrogen-bond donors (Lipinski definition) is 0. The lowest BCUT2D eigenvalue weighted by Gasteiger charge is -2.00. The summed E-state index contributed by atoms with van der Waals surface area (Å²) in [5.74, 6) is 2.64. The molecule has 0 unspecified atom stereocenters. The quantitative estimate of drug-likeness (QED) is 0.607. The number of benzene rings is 1. The molecule has 2 aromatic rings. The number of halogens is 2. The Bertz CT molecular complexity index is 693. The third kappa shape index (κ3) is 2.31. The van der Waals surface area contributed by atoms with Crippen LogP contribution >= 0.6 is 22.6 Å². The van der Waals surface area contributed by atoms with E-state index in [1.807, 2.05) is 22.6 Å². The maximum absolute atomic E-state index is 13.7. The van der Waals surface area contributed by atoms with Gasteiger partial charge in [-0.1, -0.05) is 18.1 Å². The fourth-order valence-electron chi connectivity index (χ4n) is 1.57. The molecule has 6 heteroatoms. The van der Waals surface area contributed by atoms with Gasteiger partial charge in [0.1, 0.15) is 12.4 Å². The van der Waals surface area contributed by atoms with Crippen molar-refractivity contribution in [3.8, 4) is 21.2 Å². The summed E-state index contributed by atoms with van der Waals surface area (Å²) in [6.45, 7) is 0.198. The van der Waals surface area contributed by atoms with Gasteiger partial charge in [0.05, 0.1) is 5.56 Å². The molecule has 0 aliphatic carbocycles. The van der Waals surface area contributed by atoms with Crippen molar-refractivity contribution in [1.82, 2.24) is 14.3 Å². The summed E-state index contributed by atoms with van der Waals surface area (Å²) < 4.78 is 18.8. The lowest BCUT2D eigenvalue weighted by Crippen LogP contribution is -2.22. The molecule has 4 nitrogen and oxygen atoms in total. The van der Waals surface area contributed by atoms with Crippen molar-refractivity contribution in [2.75, 3.05) is 0 Å². The first-order chi connectivity index (χ1) is 8.65. The largest absolute Gasteiger partial charge is 0.346 e. The normalized spacial score (nSPS) is 9.94. The van der Waals surface area contributed by atoms with E-state index in [4.69, 9.17) is 0 Å². The third-order valence-corrected chi connectivity index (χ3v) is 2.83. The fraction of sp³-hybridized carbons (Fsp3) is 0.167. The van der Waals surface area contributed by atoms with Crippen LogP contribution in [0.2, 0.25) is 0 Å². The molecule has 0 radical (unpaired) electrons. The summed E-state index contributed by atoms with van der Waals surface area (Å²) in [5, 5.41) is 4.10. The van der Waals surface area contributed by atoms with E-state index in [1.165, 1.54) is 15.3 Å². The molecule has 92 valence electrons. The molecule has 1 aromatic heterocycles. The molecule has 1 aromatic carbocycles. The molecular formula is C12H9FIN3O. The number of hydrogen-bond acceptors (Lipinski definition) is 2. The van der Waals surface area contributed by atoms with Gasteiger partial charge >= 0.3 is 5.69 Å². The molecule has 1 heterocycles. The number of rotatable bonds is 2. The zero-order valence-electron chi connectivity index (χ0n) is 9.52. The zero-order chi connectivity index (χ0) is 13.1. The van der Waals surface area contributed by atoms with Crippen LogP contribution in [0.3, 0.4) is 0 Å². The van der Waals surface area contributed by atoms with Crippen LogP contribution in [-0.2, 0) is 13.6 Å². The van der Waals surface area contributed by atoms with E-state index in [0.29, 0.717) is 11.4 Å². The smallest absolute Gasteiger partial charge is 0.278 e. The first-order valence-electron chi connectivity index (χ1n) is 5.12. The van der Waals surface area contributed by atoms with Gasteiger partial charge in [0.2, 0.25) is 0 Å². The number of aromatic nitrogens is 3. The monoisotopic (exact) mass is 357 g/mol. The summed E-state index contributed by atoms with van der Waals surface area (Å²) in [4.78, 5) is 11.9. The Morgan fingerprint density at radius 3 is 2.83 bits per heavy atom. The van der Waals surface area contributed by atoms with Gasteiger partial charge in [0, 0.05) is 29.6 Å². The molecule has 0 amide bonds. The summed E-state index contributed by atoms with van der Waals surface area (Å²) >= 11 is 1.89. The van der Waals surface area contributed by atoms with Crippen LogP contribution in [0.1, 0.15) is 0 Å². The van der Waals surface area contributed by atoms with Gasteiger partial charge in [-0.05, 0) is 16.1 Å². The van der Waals surface area contributed by atoms with E-state index in [-0.39, 0.29) is 12.2 Å². The Hall–Kier alpha value is -1.62. The van der Waals surface area contributed by atoms with Crippen molar-refractivity contribution >= 4 is 22.6 Å².